The van der Waals surface area contributed by atoms with Gasteiger partial charge in [0.1, 0.15) is 11.6 Å². The Kier molecular flexibility index (Phi) is 4.57. The Hall–Kier alpha value is -1.11. The van der Waals surface area contributed by atoms with Crippen LogP contribution in [0.15, 0.2) is 22.7 Å². The number of nitrogens with one attached hydrogen (secondary N) is 1. The van der Waals surface area contributed by atoms with E-state index in [1.165, 1.54) is 0 Å². The molecule has 2 heterocycles. The van der Waals surface area contributed by atoms with Crippen molar-refractivity contribution in [1.29, 1.82) is 0 Å². The smallest absolute Gasteiger partial charge is 0.197 e. The Labute approximate surface area is 120 Å². The summed E-state index contributed by atoms with van der Waals surface area (Å²) >= 11 is 2.23. The van der Waals surface area contributed by atoms with Gasteiger partial charge in [0, 0.05) is 19.2 Å². The number of hydrogen-bond donors (Lipinski definition) is 1. The van der Waals surface area contributed by atoms with Crippen molar-refractivity contribution < 1.29 is 4.42 Å². The van der Waals surface area contributed by atoms with E-state index >= 15 is 0 Å². The van der Waals surface area contributed by atoms with E-state index < -0.39 is 0 Å². The zero-order valence-corrected chi connectivity index (χ0v) is 12.7. The summed E-state index contributed by atoms with van der Waals surface area (Å²) in [5.74, 6) is 3.18. The molecule has 0 unspecified atom stereocenters. The molecule has 2 rings (SSSR count). The third-order valence-corrected chi connectivity index (χ3v) is 3.31. The third kappa shape index (κ3) is 3.01. The van der Waals surface area contributed by atoms with Crippen LogP contribution in [0.2, 0.25) is 0 Å². The van der Waals surface area contributed by atoms with Gasteiger partial charge in [-0.2, -0.15) is 0 Å². The fourth-order valence-corrected chi connectivity index (χ4v) is 1.99. The van der Waals surface area contributed by atoms with Crippen LogP contribution in [0.1, 0.15) is 26.0 Å². The lowest BCUT2D eigenvalue weighted by Gasteiger charge is -2.06. The number of nitrogens with zero attached hydrogens (tertiary/aromatic N) is 2. The molecule has 0 aromatic carbocycles. The highest BCUT2D eigenvalue weighted by Gasteiger charge is 2.10. The van der Waals surface area contributed by atoms with Crippen LogP contribution in [-0.4, -0.2) is 16.5 Å². The van der Waals surface area contributed by atoms with Crippen molar-refractivity contribution in [3.05, 3.63) is 27.7 Å². The van der Waals surface area contributed by atoms with Crippen molar-refractivity contribution in [2.24, 2.45) is 0 Å². The molecular formula is C13H16IN3O. The Morgan fingerprint density at radius 1 is 1.33 bits per heavy atom. The van der Waals surface area contributed by atoms with Gasteiger partial charge in [0.25, 0.3) is 0 Å². The quantitative estimate of drug-likeness (QED) is 0.829. The van der Waals surface area contributed by atoms with E-state index in [0.717, 1.165) is 40.3 Å². The molecule has 0 spiro atoms. The van der Waals surface area contributed by atoms with Crippen LogP contribution in [0.25, 0.3) is 11.6 Å². The summed E-state index contributed by atoms with van der Waals surface area (Å²) in [6, 6.07) is 3.89. The van der Waals surface area contributed by atoms with Crippen molar-refractivity contribution in [2.75, 3.05) is 11.9 Å². The molecule has 1 N–H and O–H groups in total. The van der Waals surface area contributed by atoms with Gasteiger partial charge in [-0.3, -0.25) is 0 Å². The van der Waals surface area contributed by atoms with E-state index in [-0.39, 0.29) is 0 Å². The average molecular weight is 357 g/mol. The maximum atomic E-state index is 5.66. The minimum atomic E-state index is 0.633. The Balaban J connectivity index is 2.28. The van der Waals surface area contributed by atoms with Crippen LogP contribution in [0.4, 0.5) is 5.82 Å². The van der Waals surface area contributed by atoms with Crippen LogP contribution in [-0.2, 0) is 6.42 Å². The van der Waals surface area contributed by atoms with Gasteiger partial charge in [-0.05, 0) is 41.1 Å². The third-order valence-electron chi connectivity index (χ3n) is 2.52. The van der Waals surface area contributed by atoms with Crippen molar-refractivity contribution in [3.63, 3.8) is 0 Å². The molecule has 5 heteroatoms. The fraction of sp³-hybridized carbons (Fsp3) is 0.385. The first-order valence-corrected chi connectivity index (χ1v) is 7.18. The maximum Gasteiger partial charge on any atom is 0.197 e. The predicted molar refractivity (Wildman–Crippen MR) is 80.6 cm³/mol. The van der Waals surface area contributed by atoms with Gasteiger partial charge in [0.05, 0.1) is 3.57 Å². The fourth-order valence-electron chi connectivity index (χ4n) is 1.54. The second-order valence-corrected chi connectivity index (χ2v) is 5.10. The highest BCUT2D eigenvalue weighted by atomic mass is 127. The van der Waals surface area contributed by atoms with Crippen molar-refractivity contribution in [3.8, 4) is 11.6 Å². The van der Waals surface area contributed by atoms with Crippen LogP contribution < -0.4 is 5.32 Å². The number of furan rings is 1. The molecular weight excluding hydrogens is 341 g/mol. The minimum Gasteiger partial charge on any atom is -0.458 e. The van der Waals surface area contributed by atoms with Crippen LogP contribution in [0.5, 0.6) is 0 Å². The Morgan fingerprint density at radius 3 is 2.83 bits per heavy atom. The molecule has 0 bridgehead atoms. The van der Waals surface area contributed by atoms with Gasteiger partial charge >= 0.3 is 0 Å². The number of rotatable bonds is 5. The minimum absolute atomic E-state index is 0.633. The molecule has 0 amide bonds. The monoisotopic (exact) mass is 357 g/mol. The lowest BCUT2D eigenvalue weighted by Crippen LogP contribution is -2.05. The molecule has 0 radical (unpaired) electrons. The standard InChI is InChI=1S/C13H16IN3O/c1-3-7-15-12-10(14)8-16-13(17-12)11-6-5-9(4-2)18-11/h5-6,8H,3-4,7H2,1-2H3,(H,15,16,17). The van der Waals surface area contributed by atoms with Crippen LogP contribution in [0, 0.1) is 3.57 Å². The van der Waals surface area contributed by atoms with E-state index in [1.54, 1.807) is 0 Å². The summed E-state index contributed by atoms with van der Waals surface area (Å²) in [6.45, 7) is 5.10. The van der Waals surface area contributed by atoms with Gasteiger partial charge in [-0.1, -0.05) is 13.8 Å². The zero-order chi connectivity index (χ0) is 13.0. The van der Waals surface area contributed by atoms with Gasteiger partial charge in [0.2, 0.25) is 0 Å². The normalized spacial score (nSPS) is 10.6. The first kappa shape index (κ1) is 13.3. The molecule has 2 aromatic heterocycles. The van der Waals surface area contributed by atoms with Crippen LogP contribution >= 0.6 is 22.6 Å². The summed E-state index contributed by atoms with van der Waals surface area (Å²) in [5, 5.41) is 3.29. The van der Waals surface area contributed by atoms with Crippen molar-refractivity contribution in [1.82, 2.24) is 9.97 Å². The molecule has 4 nitrogen and oxygen atoms in total. The number of hydrogen-bond acceptors (Lipinski definition) is 4. The average Bonchev–Trinajstić information content (AvgIpc) is 2.86. The molecule has 0 saturated heterocycles. The van der Waals surface area contributed by atoms with E-state index in [4.69, 9.17) is 4.42 Å². The molecule has 0 saturated carbocycles. The van der Waals surface area contributed by atoms with Gasteiger partial charge in [-0.25, -0.2) is 9.97 Å². The molecule has 18 heavy (non-hydrogen) atoms. The van der Waals surface area contributed by atoms with Gasteiger partial charge < -0.3 is 9.73 Å². The SMILES string of the molecule is CCCNc1nc(-c2ccc(CC)o2)ncc1I. The topological polar surface area (TPSA) is 51.0 Å². The first-order valence-electron chi connectivity index (χ1n) is 6.10. The number of anilines is 1. The number of aromatic nitrogens is 2. The van der Waals surface area contributed by atoms with E-state index in [1.807, 2.05) is 18.3 Å². The summed E-state index contributed by atoms with van der Waals surface area (Å²) in [5.41, 5.74) is 0. The van der Waals surface area contributed by atoms with Crippen molar-refractivity contribution >= 4 is 28.4 Å². The highest BCUT2D eigenvalue weighted by Crippen LogP contribution is 2.22. The lowest BCUT2D eigenvalue weighted by atomic mass is 10.3. The Morgan fingerprint density at radius 2 is 2.17 bits per heavy atom. The van der Waals surface area contributed by atoms with E-state index in [9.17, 15) is 0 Å². The van der Waals surface area contributed by atoms with Gasteiger partial charge in [0.15, 0.2) is 11.6 Å². The second kappa shape index (κ2) is 6.17. The highest BCUT2D eigenvalue weighted by molar-refractivity contribution is 14.1. The second-order valence-electron chi connectivity index (χ2n) is 3.94. The lowest BCUT2D eigenvalue weighted by molar-refractivity contribution is 0.525. The van der Waals surface area contributed by atoms with Gasteiger partial charge in [-0.15, -0.1) is 0 Å². The van der Waals surface area contributed by atoms with Crippen LogP contribution in [0.3, 0.4) is 0 Å². The largest absolute Gasteiger partial charge is 0.458 e. The number of halogens is 1. The summed E-state index contributed by atoms with van der Waals surface area (Å²) in [7, 11) is 0. The summed E-state index contributed by atoms with van der Waals surface area (Å²) in [6.07, 6.45) is 3.76. The molecule has 0 aliphatic rings. The number of aryl methyl sites for hydroxylation is 1. The molecule has 0 aliphatic carbocycles. The molecule has 0 aliphatic heterocycles. The van der Waals surface area contributed by atoms with E-state index in [2.05, 4.69) is 51.7 Å². The molecule has 0 fully saturated rings. The first-order chi connectivity index (χ1) is 8.74. The molecule has 2 aromatic rings. The molecule has 96 valence electrons. The Bertz CT molecular complexity index is 525. The molecule has 0 atom stereocenters. The zero-order valence-electron chi connectivity index (χ0n) is 10.5. The van der Waals surface area contributed by atoms with Crippen molar-refractivity contribution in [2.45, 2.75) is 26.7 Å². The summed E-state index contributed by atoms with van der Waals surface area (Å²) in [4.78, 5) is 8.82. The maximum absolute atomic E-state index is 5.66. The van der Waals surface area contributed by atoms with E-state index in [0.29, 0.717) is 5.82 Å². The predicted octanol–water partition coefficient (Wildman–Crippen LogP) is 3.73. The summed E-state index contributed by atoms with van der Waals surface area (Å²) < 4.78 is 6.68.